The fourth-order valence-electron chi connectivity index (χ4n) is 1.18. The highest BCUT2D eigenvalue weighted by atomic mass is 32.2. The van der Waals surface area contributed by atoms with Crippen molar-refractivity contribution >= 4 is 17.4 Å². The van der Waals surface area contributed by atoms with Gasteiger partial charge in [0.25, 0.3) is 5.69 Å². The number of nitro groups is 1. The Morgan fingerprint density at radius 1 is 1.50 bits per heavy atom. The van der Waals surface area contributed by atoms with Gasteiger partial charge >= 0.3 is 0 Å². The molecule has 1 N–H and O–H groups in total. The number of hydrogen-bond acceptors (Lipinski definition) is 4. The normalized spacial score (nSPS) is 10.8. The van der Waals surface area contributed by atoms with Gasteiger partial charge in [0.1, 0.15) is 0 Å². The Balaban J connectivity index is 2.94. The van der Waals surface area contributed by atoms with Gasteiger partial charge in [-0.1, -0.05) is 19.9 Å². The Bertz CT molecular complexity index is 379. The van der Waals surface area contributed by atoms with E-state index in [1.54, 1.807) is 12.1 Å². The van der Waals surface area contributed by atoms with E-state index in [-0.39, 0.29) is 12.3 Å². The average molecular weight is 241 g/mol. The number of aliphatic hydroxyl groups is 1. The molecule has 0 aliphatic rings. The van der Waals surface area contributed by atoms with Gasteiger partial charge in [0.05, 0.1) is 16.4 Å². The summed E-state index contributed by atoms with van der Waals surface area (Å²) in [6, 6.07) is 4.86. The summed E-state index contributed by atoms with van der Waals surface area (Å²) in [5.74, 6) is 1.33. The SMILES string of the molecule is CC(C)CSc1ccc(CO)cc1[N+](=O)[O-]. The molecule has 0 unspecified atom stereocenters. The quantitative estimate of drug-likeness (QED) is 0.489. The molecule has 5 heteroatoms. The van der Waals surface area contributed by atoms with Gasteiger partial charge in [0, 0.05) is 11.8 Å². The first-order valence-corrected chi connectivity index (χ1v) is 6.04. The predicted molar refractivity (Wildman–Crippen MR) is 64.6 cm³/mol. The molecule has 0 aliphatic heterocycles. The molecule has 0 amide bonds. The van der Waals surface area contributed by atoms with Crippen molar-refractivity contribution in [1.82, 2.24) is 0 Å². The zero-order valence-electron chi connectivity index (χ0n) is 9.34. The van der Waals surface area contributed by atoms with Gasteiger partial charge < -0.3 is 5.11 Å². The highest BCUT2D eigenvalue weighted by molar-refractivity contribution is 7.99. The Morgan fingerprint density at radius 2 is 2.19 bits per heavy atom. The van der Waals surface area contributed by atoms with E-state index in [0.717, 1.165) is 5.75 Å². The largest absolute Gasteiger partial charge is 0.392 e. The number of thioether (sulfide) groups is 1. The predicted octanol–water partition coefficient (Wildman–Crippen LogP) is 2.84. The molecule has 1 aromatic rings. The molecule has 0 aliphatic carbocycles. The maximum atomic E-state index is 10.8. The van der Waals surface area contributed by atoms with Crippen molar-refractivity contribution in [3.05, 3.63) is 33.9 Å². The fraction of sp³-hybridized carbons (Fsp3) is 0.455. The van der Waals surface area contributed by atoms with Gasteiger partial charge in [-0.05, 0) is 17.5 Å². The van der Waals surface area contributed by atoms with Crippen molar-refractivity contribution in [2.45, 2.75) is 25.3 Å². The second-order valence-corrected chi connectivity index (χ2v) is 4.98. The first kappa shape index (κ1) is 13.0. The summed E-state index contributed by atoms with van der Waals surface area (Å²) in [5.41, 5.74) is 0.651. The van der Waals surface area contributed by atoms with E-state index >= 15 is 0 Å². The van der Waals surface area contributed by atoms with Crippen LogP contribution in [0.15, 0.2) is 23.1 Å². The number of benzene rings is 1. The maximum Gasteiger partial charge on any atom is 0.283 e. The van der Waals surface area contributed by atoms with E-state index in [4.69, 9.17) is 5.11 Å². The van der Waals surface area contributed by atoms with Crippen molar-refractivity contribution in [2.24, 2.45) is 5.92 Å². The van der Waals surface area contributed by atoms with Crippen LogP contribution in [0.3, 0.4) is 0 Å². The van der Waals surface area contributed by atoms with E-state index < -0.39 is 4.92 Å². The highest BCUT2D eigenvalue weighted by Crippen LogP contribution is 2.31. The van der Waals surface area contributed by atoms with Crippen molar-refractivity contribution in [3.63, 3.8) is 0 Å². The van der Waals surface area contributed by atoms with Gasteiger partial charge in [-0.2, -0.15) is 0 Å². The monoisotopic (exact) mass is 241 g/mol. The maximum absolute atomic E-state index is 10.8. The van der Waals surface area contributed by atoms with Crippen LogP contribution in [0.2, 0.25) is 0 Å². The summed E-state index contributed by atoms with van der Waals surface area (Å²) in [7, 11) is 0. The van der Waals surface area contributed by atoms with E-state index in [1.165, 1.54) is 17.8 Å². The number of hydrogen-bond donors (Lipinski definition) is 1. The second kappa shape index (κ2) is 5.86. The van der Waals surface area contributed by atoms with Crippen LogP contribution in [-0.4, -0.2) is 15.8 Å². The van der Waals surface area contributed by atoms with Crippen LogP contribution < -0.4 is 0 Å². The van der Waals surface area contributed by atoms with E-state index in [1.807, 2.05) is 0 Å². The van der Waals surface area contributed by atoms with Crippen LogP contribution in [-0.2, 0) is 6.61 Å². The molecule has 4 nitrogen and oxygen atoms in total. The molecule has 0 bridgehead atoms. The van der Waals surface area contributed by atoms with Crippen LogP contribution in [0.25, 0.3) is 0 Å². The zero-order chi connectivity index (χ0) is 12.1. The molecule has 16 heavy (non-hydrogen) atoms. The van der Waals surface area contributed by atoms with Gasteiger partial charge in [-0.3, -0.25) is 10.1 Å². The van der Waals surface area contributed by atoms with Gasteiger partial charge in [-0.25, -0.2) is 0 Å². The molecule has 0 saturated heterocycles. The summed E-state index contributed by atoms with van der Waals surface area (Å²) in [4.78, 5) is 11.1. The zero-order valence-corrected chi connectivity index (χ0v) is 10.2. The van der Waals surface area contributed by atoms with Crippen molar-refractivity contribution in [1.29, 1.82) is 0 Å². The summed E-state index contributed by atoms with van der Waals surface area (Å²) in [5, 5.41) is 19.8. The topological polar surface area (TPSA) is 63.4 Å². The lowest BCUT2D eigenvalue weighted by Gasteiger charge is -2.06. The molecular formula is C11H15NO3S. The molecule has 0 radical (unpaired) electrons. The van der Waals surface area contributed by atoms with Crippen LogP contribution in [0, 0.1) is 16.0 Å². The molecule has 0 spiro atoms. The number of rotatable bonds is 5. The Morgan fingerprint density at radius 3 is 2.69 bits per heavy atom. The minimum Gasteiger partial charge on any atom is -0.392 e. The molecule has 0 fully saturated rings. The molecule has 0 aromatic heterocycles. The first-order valence-electron chi connectivity index (χ1n) is 5.05. The summed E-state index contributed by atoms with van der Waals surface area (Å²) in [6.45, 7) is 3.97. The minimum atomic E-state index is -0.401. The molecule has 88 valence electrons. The van der Waals surface area contributed by atoms with Crippen molar-refractivity contribution < 1.29 is 10.0 Å². The number of nitro benzene ring substituents is 1. The lowest BCUT2D eigenvalue weighted by molar-refractivity contribution is -0.387. The van der Waals surface area contributed by atoms with Crippen LogP contribution >= 0.6 is 11.8 Å². The lowest BCUT2D eigenvalue weighted by atomic mass is 10.2. The minimum absolute atomic E-state index is 0.0807. The van der Waals surface area contributed by atoms with Crippen molar-refractivity contribution in [2.75, 3.05) is 5.75 Å². The van der Waals surface area contributed by atoms with Gasteiger partial charge in [0.15, 0.2) is 0 Å². The Hall–Kier alpha value is -1.07. The Labute approximate surface area is 98.8 Å². The average Bonchev–Trinajstić information content (AvgIpc) is 2.25. The summed E-state index contributed by atoms with van der Waals surface area (Å²) < 4.78 is 0. The molecule has 0 atom stereocenters. The van der Waals surface area contributed by atoms with Gasteiger partial charge in [-0.15, -0.1) is 11.8 Å². The molecule has 1 rings (SSSR count). The summed E-state index contributed by atoms with van der Waals surface area (Å²) in [6.07, 6.45) is 0. The highest BCUT2D eigenvalue weighted by Gasteiger charge is 2.15. The standard InChI is InChI=1S/C11H15NO3S/c1-8(2)7-16-11-4-3-9(6-13)5-10(11)12(14)15/h3-5,8,13H,6-7H2,1-2H3. The molecular weight excluding hydrogens is 226 g/mol. The third kappa shape index (κ3) is 3.50. The lowest BCUT2D eigenvalue weighted by Crippen LogP contribution is -1.96. The van der Waals surface area contributed by atoms with Gasteiger partial charge in [0.2, 0.25) is 0 Å². The molecule has 1 aromatic carbocycles. The number of aliphatic hydroxyl groups excluding tert-OH is 1. The smallest absolute Gasteiger partial charge is 0.283 e. The van der Waals surface area contributed by atoms with E-state index in [0.29, 0.717) is 16.4 Å². The number of nitrogens with zero attached hydrogens (tertiary/aromatic N) is 1. The third-order valence-electron chi connectivity index (χ3n) is 1.97. The Kier molecular flexibility index (Phi) is 4.76. The molecule has 0 saturated carbocycles. The van der Waals surface area contributed by atoms with Crippen LogP contribution in [0.5, 0.6) is 0 Å². The summed E-state index contributed by atoms with van der Waals surface area (Å²) >= 11 is 1.48. The van der Waals surface area contributed by atoms with Crippen LogP contribution in [0.4, 0.5) is 5.69 Å². The fourth-order valence-corrected chi connectivity index (χ4v) is 2.14. The second-order valence-electron chi connectivity index (χ2n) is 3.92. The third-order valence-corrected chi connectivity index (χ3v) is 3.46. The van der Waals surface area contributed by atoms with Crippen LogP contribution in [0.1, 0.15) is 19.4 Å². The van der Waals surface area contributed by atoms with E-state index in [9.17, 15) is 10.1 Å². The van der Waals surface area contributed by atoms with E-state index in [2.05, 4.69) is 13.8 Å². The van der Waals surface area contributed by atoms with Crippen molar-refractivity contribution in [3.8, 4) is 0 Å². The molecule has 0 heterocycles. The first-order chi connectivity index (χ1) is 7.54.